The highest BCUT2D eigenvalue weighted by Gasteiger charge is 2.38. The molecule has 11 heteroatoms. The van der Waals surface area contributed by atoms with E-state index < -0.39 is 28.0 Å². The number of halogens is 1. The van der Waals surface area contributed by atoms with Crippen LogP contribution in [0.5, 0.6) is 0 Å². The van der Waals surface area contributed by atoms with E-state index in [4.69, 9.17) is 0 Å². The smallest absolute Gasteiger partial charge is 0.247 e. The van der Waals surface area contributed by atoms with Crippen molar-refractivity contribution in [2.24, 2.45) is 0 Å². The maximum atomic E-state index is 13.8. The number of aliphatic hydroxyl groups is 1. The molecular formula is C26H28FN5O4S. The van der Waals surface area contributed by atoms with E-state index in [1.165, 1.54) is 24.4 Å². The fraction of sp³-hybridized carbons (Fsp3) is 0.346. The minimum absolute atomic E-state index is 0.00291. The lowest BCUT2D eigenvalue weighted by Gasteiger charge is -2.27. The van der Waals surface area contributed by atoms with Gasteiger partial charge in [-0.1, -0.05) is 18.2 Å². The average Bonchev–Trinajstić information content (AvgIpc) is 3.49. The molecule has 194 valence electrons. The van der Waals surface area contributed by atoms with E-state index in [0.717, 1.165) is 31.2 Å². The van der Waals surface area contributed by atoms with Gasteiger partial charge in [-0.15, -0.1) is 0 Å². The van der Waals surface area contributed by atoms with E-state index in [1.807, 2.05) is 6.07 Å². The van der Waals surface area contributed by atoms with Crippen LogP contribution < -0.4 is 10.2 Å². The predicted octanol–water partition coefficient (Wildman–Crippen LogP) is 3.19. The molecule has 2 aliphatic rings. The van der Waals surface area contributed by atoms with Gasteiger partial charge in [0.1, 0.15) is 23.9 Å². The molecule has 0 bridgehead atoms. The molecule has 2 aromatic carbocycles. The quantitative estimate of drug-likeness (QED) is 0.504. The molecule has 1 amide bonds. The minimum Gasteiger partial charge on any atom is -0.379 e. The van der Waals surface area contributed by atoms with Gasteiger partial charge < -0.3 is 15.3 Å². The van der Waals surface area contributed by atoms with Gasteiger partial charge in [-0.3, -0.25) is 9.69 Å². The van der Waals surface area contributed by atoms with Gasteiger partial charge in [-0.05, 0) is 60.7 Å². The maximum Gasteiger partial charge on any atom is 0.247 e. The van der Waals surface area contributed by atoms with Gasteiger partial charge in [-0.25, -0.2) is 22.8 Å². The van der Waals surface area contributed by atoms with Crippen LogP contribution in [-0.2, 0) is 21.2 Å². The molecule has 1 aromatic heterocycles. The SMILES string of the molecule is CC(O)N1Cc2cc(S(C)(=O)=O)ccc2[C@@H]1C(=O)Nc1cnc(N2CCCC2c2cccc(F)c2)cn1. The Balaban J connectivity index is 1.34. The fourth-order valence-corrected chi connectivity index (χ4v) is 5.82. The first kappa shape index (κ1) is 25.2. The summed E-state index contributed by atoms with van der Waals surface area (Å²) in [5.74, 6) is 0.199. The number of hydrogen-bond donors (Lipinski definition) is 2. The maximum absolute atomic E-state index is 13.8. The van der Waals surface area contributed by atoms with Gasteiger partial charge >= 0.3 is 0 Å². The molecule has 37 heavy (non-hydrogen) atoms. The van der Waals surface area contributed by atoms with E-state index in [1.54, 1.807) is 36.2 Å². The summed E-state index contributed by atoms with van der Waals surface area (Å²) in [6, 6.07) is 10.4. The Hall–Kier alpha value is -3.41. The molecule has 0 aliphatic carbocycles. The van der Waals surface area contributed by atoms with Crippen molar-refractivity contribution in [2.45, 2.75) is 49.5 Å². The fourth-order valence-electron chi connectivity index (χ4n) is 5.15. The number of fused-ring (bicyclic) bond motifs is 1. The van der Waals surface area contributed by atoms with Crippen molar-refractivity contribution in [3.63, 3.8) is 0 Å². The number of anilines is 2. The van der Waals surface area contributed by atoms with Crippen LogP contribution in [0.3, 0.4) is 0 Å². The van der Waals surface area contributed by atoms with Crippen molar-refractivity contribution in [2.75, 3.05) is 23.0 Å². The van der Waals surface area contributed by atoms with Crippen LogP contribution in [0, 0.1) is 5.82 Å². The van der Waals surface area contributed by atoms with Crippen LogP contribution in [0.1, 0.15) is 48.5 Å². The number of nitrogens with zero attached hydrogens (tertiary/aromatic N) is 4. The zero-order valence-corrected chi connectivity index (χ0v) is 21.3. The molecule has 3 aromatic rings. The predicted molar refractivity (Wildman–Crippen MR) is 136 cm³/mol. The summed E-state index contributed by atoms with van der Waals surface area (Å²) in [5, 5.41) is 13.1. The van der Waals surface area contributed by atoms with Gasteiger partial charge in [0.05, 0.1) is 23.3 Å². The normalized spacial score (nSPS) is 20.6. The van der Waals surface area contributed by atoms with E-state index in [-0.39, 0.29) is 29.1 Å². The Morgan fingerprint density at radius 1 is 1.19 bits per heavy atom. The number of rotatable bonds is 6. The second kappa shape index (κ2) is 9.81. The van der Waals surface area contributed by atoms with Crippen LogP contribution in [-0.4, -0.2) is 53.3 Å². The molecule has 2 N–H and O–H groups in total. The highest BCUT2D eigenvalue weighted by atomic mass is 32.2. The van der Waals surface area contributed by atoms with Crippen molar-refractivity contribution >= 4 is 27.4 Å². The number of benzene rings is 2. The Morgan fingerprint density at radius 3 is 2.68 bits per heavy atom. The number of nitrogens with one attached hydrogen (secondary N) is 1. The Kier molecular flexibility index (Phi) is 6.69. The monoisotopic (exact) mass is 525 g/mol. The first-order valence-corrected chi connectivity index (χ1v) is 13.9. The minimum atomic E-state index is -3.41. The highest BCUT2D eigenvalue weighted by Crippen LogP contribution is 2.38. The first-order valence-electron chi connectivity index (χ1n) is 12.0. The van der Waals surface area contributed by atoms with Gasteiger partial charge in [0.25, 0.3) is 0 Å². The topological polar surface area (TPSA) is 116 Å². The van der Waals surface area contributed by atoms with E-state index in [9.17, 15) is 22.7 Å². The summed E-state index contributed by atoms with van der Waals surface area (Å²) in [6.07, 6.45) is 5.07. The third-order valence-electron chi connectivity index (χ3n) is 6.92. The van der Waals surface area contributed by atoms with Crippen molar-refractivity contribution < 1.29 is 22.7 Å². The largest absolute Gasteiger partial charge is 0.379 e. The van der Waals surface area contributed by atoms with Crippen molar-refractivity contribution in [1.82, 2.24) is 14.9 Å². The lowest BCUT2D eigenvalue weighted by molar-refractivity contribution is -0.125. The molecule has 2 aliphatic heterocycles. The van der Waals surface area contributed by atoms with E-state index in [0.29, 0.717) is 16.9 Å². The molecule has 0 saturated carbocycles. The molecular weight excluding hydrogens is 497 g/mol. The van der Waals surface area contributed by atoms with Gasteiger partial charge in [-0.2, -0.15) is 0 Å². The number of hydrogen-bond acceptors (Lipinski definition) is 8. The van der Waals surface area contributed by atoms with Gasteiger partial charge in [0, 0.05) is 19.3 Å². The molecule has 2 unspecified atom stereocenters. The van der Waals surface area contributed by atoms with Crippen LogP contribution in [0.2, 0.25) is 0 Å². The summed E-state index contributed by atoms with van der Waals surface area (Å²) in [4.78, 5) is 26.0. The van der Waals surface area contributed by atoms with E-state index >= 15 is 0 Å². The zero-order chi connectivity index (χ0) is 26.3. The summed E-state index contributed by atoms with van der Waals surface area (Å²) in [5.41, 5.74) is 2.18. The molecule has 9 nitrogen and oxygen atoms in total. The lowest BCUT2D eigenvalue weighted by atomic mass is 10.0. The molecule has 5 rings (SSSR count). The third kappa shape index (κ3) is 5.07. The molecule has 0 radical (unpaired) electrons. The summed E-state index contributed by atoms with van der Waals surface area (Å²) < 4.78 is 37.7. The Morgan fingerprint density at radius 2 is 2.00 bits per heavy atom. The number of aliphatic hydroxyl groups excluding tert-OH is 1. The van der Waals surface area contributed by atoms with Gasteiger partial charge in [0.15, 0.2) is 15.7 Å². The lowest BCUT2D eigenvalue weighted by Crippen LogP contribution is -2.38. The van der Waals surface area contributed by atoms with Crippen molar-refractivity contribution in [3.05, 3.63) is 77.4 Å². The Bertz CT molecular complexity index is 1430. The summed E-state index contributed by atoms with van der Waals surface area (Å²) in [6.45, 7) is 2.55. The standard InChI is InChI=1S/C26H28FN5O4S/c1-16(33)32-15-18-12-20(37(2,35)36)8-9-21(18)25(32)26(34)30-23-13-29-24(14-28-23)31-10-4-7-22(31)17-5-3-6-19(27)11-17/h3,5-6,8-9,11-14,16,22,25,33H,4,7,10,15H2,1-2H3,(H,28,30,34)/t16?,22?,25-/m1/s1. The van der Waals surface area contributed by atoms with Crippen molar-refractivity contribution in [3.8, 4) is 0 Å². The van der Waals surface area contributed by atoms with Crippen LogP contribution in [0.15, 0.2) is 59.8 Å². The number of carbonyl (C=O) groups is 1. The van der Waals surface area contributed by atoms with Crippen LogP contribution >= 0.6 is 0 Å². The second-order valence-corrected chi connectivity index (χ2v) is 11.5. The molecule has 1 fully saturated rings. The summed E-state index contributed by atoms with van der Waals surface area (Å²) >= 11 is 0. The first-order chi connectivity index (χ1) is 17.6. The summed E-state index contributed by atoms with van der Waals surface area (Å²) in [7, 11) is -3.41. The average molecular weight is 526 g/mol. The van der Waals surface area contributed by atoms with E-state index in [2.05, 4.69) is 20.2 Å². The molecule has 3 atom stereocenters. The number of sulfone groups is 1. The highest BCUT2D eigenvalue weighted by molar-refractivity contribution is 7.90. The van der Waals surface area contributed by atoms with Crippen LogP contribution in [0.4, 0.5) is 16.0 Å². The third-order valence-corrected chi connectivity index (χ3v) is 8.03. The Labute approximate surface area is 214 Å². The molecule has 3 heterocycles. The second-order valence-electron chi connectivity index (χ2n) is 9.50. The zero-order valence-electron chi connectivity index (χ0n) is 20.5. The van der Waals surface area contributed by atoms with Crippen molar-refractivity contribution in [1.29, 1.82) is 0 Å². The number of aromatic nitrogens is 2. The van der Waals surface area contributed by atoms with Crippen LogP contribution in [0.25, 0.3) is 0 Å². The number of amides is 1. The number of carbonyl (C=O) groups excluding carboxylic acids is 1. The molecule has 1 saturated heterocycles. The molecule has 0 spiro atoms. The van der Waals surface area contributed by atoms with Gasteiger partial charge in [0.2, 0.25) is 5.91 Å².